The van der Waals surface area contributed by atoms with Gasteiger partial charge >= 0.3 is 0 Å². The van der Waals surface area contributed by atoms with Gasteiger partial charge in [-0.2, -0.15) is 0 Å². The Labute approximate surface area is 137 Å². The number of nitrogens with zero attached hydrogens (tertiary/aromatic N) is 2. The standard InChI is InChI=1S/C18H12ClFN2O/c19-15-3-1-2-12-10-13-8-9-22(17(13)21-16(12)15)18(23)11-4-6-14(20)7-5-11/h1-7,10H,8-9H2. The molecule has 1 aliphatic rings. The number of amides is 1. The lowest BCUT2D eigenvalue weighted by Crippen LogP contribution is -2.29. The second-order valence-electron chi connectivity index (χ2n) is 5.50. The van der Waals surface area contributed by atoms with E-state index in [0.29, 0.717) is 28.5 Å². The van der Waals surface area contributed by atoms with Crippen LogP contribution in [0.3, 0.4) is 0 Å². The van der Waals surface area contributed by atoms with Crippen LogP contribution in [0.5, 0.6) is 0 Å². The summed E-state index contributed by atoms with van der Waals surface area (Å²) in [4.78, 5) is 18.9. The first-order chi connectivity index (χ1) is 11.1. The summed E-state index contributed by atoms with van der Waals surface area (Å²) in [5, 5.41) is 1.53. The fourth-order valence-electron chi connectivity index (χ4n) is 2.90. The van der Waals surface area contributed by atoms with Crippen molar-refractivity contribution in [3.63, 3.8) is 0 Å². The molecule has 0 spiro atoms. The van der Waals surface area contributed by atoms with Gasteiger partial charge in [-0.15, -0.1) is 0 Å². The smallest absolute Gasteiger partial charge is 0.259 e. The van der Waals surface area contributed by atoms with Gasteiger partial charge < -0.3 is 0 Å². The van der Waals surface area contributed by atoms with Gasteiger partial charge in [-0.25, -0.2) is 9.37 Å². The maximum absolute atomic E-state index is 13.0. The molecular formula is C18H12ClFN2O. The van der Waals surface area contributed by atoms with Gasteiger partial charge in [-0.05, 0) is 48.4 Å². The van der Waals surface area contributed by atoms with E-state index >= 15 is 0 Å². The highest BCUT2D eigenvalue weighted by Crippen LogP contribution is 2.32. The molecule has 0 aliphatic carbocycles. The Bertz CT molecular complexity index is 924. The van der Waals surface area contributed by atoms with E-state index in [-0.39, 0.29) is 11.7 Å². The van der Waals surface area contributed by atoms with Crippen molar-refractivity contribution in [2.24, 2.45) is 0 Å². The van der Waals surface area contributed by atoms with E-state index in [0.717, 1.165) is 17.4 Å². The number of hydrogen-bond donors (Lipinski definition) is 0. The molecule has 0 radical (unpaired) electrons. The van der Waals surface area contributed by atoms with E-state index < -0.39 is 0 Å². The molecule has 1 amide bonds. The van der Waals surface area contributed by atoms with Crippen molar-refractivity contribution in [2.45, 2.75) is 6.42 Å². The van der Waals surface area contributed by atoms with E-state index in [2.05, 4.69) is 4.98 Å². The number of anilines is 1. The highest BCUT2D eigenvalue weighted by Gasteiger charge is 2.27. The van der Waals surface area contributed by atoms with Crippen LogP contribution in [0, 0.1) is 5.82 Å². The van der Waals surface area contributed by atoms with Crippen LogP contribution in [-0.2, 0) is 6.42 Å². The molecule has 1 aliphatic heterocycles. The molecule has 2 heterocycles. The van der Waals surface area contributed by atoms with Gasteiger partial charge in [-0.3, -0.25) is 9.69 Å². The normalized spacial score (nSPS) is 13.4. The number of carbonyl (C=O) groups is 1. The van der Waals surface area contributed by atoms with Crippen molar-refractivity contribution in [3.05, 3.63) is 70.5 Å². The van der Waals surface area contributed by atoms with Crippen LogP contribution >= 0.6 is 11.6 Å². The van der Waals surface area contributed by atoms with E-state index in [4.69, 9.17) is 11.6 Å². The lowest BCUT2D eigenvalue weighted by molar-refractivity contribution is 0.0988. The number of fused-ring (bicyclic) bond motifs is 2. The highest BCUT2D eigenvalue weighted by molar-refractivity contribution is 6.35. The molecule has 0 fully saturated rings. The Kier molecular flexibility index (Phi) is 3.27. The Morgan fingerprint density at radius 3 is 2.74 bits per heavy atom. The molecule has 2 aromatic carbocycles. The van der Waals surface area contributed by atoms with Gasteiger partial charge in [0.2, 0.25) is 0 Å². The summed E-state index contributed by atoms with van der Waals surface area (Å²) in [6.07, 6.45) is 0.748. The van der Waals surface area contributed by atoms with Crippen LogP contribution < -0.4 is 4.90 Å². The van der Waals surface area contributed by atoms with E-state index in [1.807, 2.05) is 18.2 Å². The summed E-state index contributed by atoms with van der Waals surface area (Å²) in [5.41, 5.74) is 2.15. The second-order valence-corrected chi connectivity index (χ2v) is 5.90. The van der Waals surface area contributed by atoms with Crippen LogP contribution in [0.1, 0.15) is 15.9 Å². The molecule has 114 valence electrons. The Hall–Kier alpha value is -2.46. The van der Waals surface area contributed by atoms with Gasteiger partial charge in [0.25, 0.3) is 5.91 Å². The van der Waals surface area contributed by atoms with E-state index in [1.54, 1.807) is 11.0 Å². The van der Waals surface area contributed by atoms with Gasteiger partial charge in [0.1, 0.15) is 11.6 Å². The Morgan fingerprint density at radius 2 is 1.96 bits per heavy atom. The zero-order valence-electron chi connectivity index (χ0n) is 12.1. The molecule has 5 heteroatoms. The molecular weight excluding hydrogens is 315 g/mol. The summed E-state index contributed by atoms with van der Waals surface area (Å²) >= 11 is 6.21. The third kappa shape index (κ3) is 2.35. The molecule has 23 heavy (non-hydrogen) atoms. The maximum atomic E-state index is 13.0. The van der Waals surface area contributed by atoms with Crippen molar-refractivity contribution < 1.29 is 9.18 Å². The van der Waals surface area contributed by atoms with Crippen LogP contribution in [-0.4, -0.2) is 17.4 Å². The SMILES string of the molecule is O=C(c1ccc(F)cc1)N1CCc2cc3cccc(Cl)c3nc21. The first-order valence-electron chi connectivity index (χ1n) is 7.29. The zero-order valence-corrected chi connectivity index (χ0v) is 12.8. The first kappa shape index (κ1) is 14.2. The average Bonchev–Trinajstić information content (AvgIpc) is 2.96. The number of pyridine rings is 1. The summed E-state index contributed by atoms with van der Waals surface area (Å²) in [6, 6.07) is 13.2. The molecule has 0 unspecified atom stereocenters. The first-order valence-corrected chi connectivity index (χ1v) is 7.67. The summed E-state index contributed by atoms with van der Waals surface area (Å²) < 4.78 is 13.0. The number of rotatable bonds is 1. The monoisotopic (exact) mass is 326 g/mol. The number of aromatic nitrogens is 1. The molecule has 0 bridgehead atoms. The fraction of sp³-hybridized carbons (Fsp3) is 0.111. The molecule has 4 rings (SSSR count). The minimum absolute atomic E-state index is 0.178. The number of halogens is 2. The predicted octanol–water partition coefficient (Wildman–Crippen LogP) is 4.23. The lowest BCUT2D eigenvalue weighted by atomic mass is 10.1. The van der Waals surface area contributed by atoms with Crippen molar-refractivity contribution in [1.82, 2.24) is 4.98 Å². The van der Waals surface area contributed by atoms with Gasteiger partial charge in [0.15, 0.2) is 0 Å². The molecule has 0 saturated carbocycles. The summed E-state index contributed by atoms with van der Waals surface area (Å²) in [7, 11) is 0. The Morgan fingerprint density at radius 1 is 1.17 bits per heavy atom. The predicted molar refractivity (Wildman–Crippen MR) is 88.5 cm³/mol. The highest BCUT2D eigenvalue weighted by atomic mass is 35.5. The van der Waals surface area contributed by atoms with Gasteiger partial charge in [0, 0.05) is 17.5 Å². The largest absolute Gasteiger partial charge is 0.292 e. The van der Waals surface area contributed by atoms with Crippen LogP contribution in [0.15, 0.2) is 48.5 Å². The molecule has 3 aromatic rings. The van der Waals surface area contributed by atoms with E-state index in [1.165, 1.54) is 24.3 Å². The molecule has 0 atom stereocenters. The third-order valence-corrected chi connectivity index (χ3v) is 4.35. The lowest BCUT2D eigenvalue weighted by Gasteiger charge is -2.17. The van der Waals surface area contributed by atoms with Gasteiger partial charge in [0.05, 0.1) is 10.5 Å². The molecule has 0 N–H and O–H groups in total. The molecule has 1 aromatic heterocycles. The fourth-order valence-corrected chi connectivity index (χ4v) is 3.12. The molecule has 0 saturated heterocycles. The van der Waals surface area contributed by atoms with Crippen LogP contribution in [0.2, 0.25) is 5.02 Å². The van der Waals surface area contributed by atoms with Crippen LogP contribution in [0.25, 0.3) is 10.9 Å². The number of carbonyl (C=O) groups excluding carboxylic acids is 1. The van der Waals surface area contributed by atoms with Crippen LogP contribution in [0.4, 0.5) is 10.2 Å². The number of para-hydroxylation sites is 1. The maximum Gasteiger partial charge on any atom is 0.259 e. The third-order valence-electron chi connectivity index (χ3n) is 4.05. The van der Waals surface area contributed by atoms with Crippen molar-refractivity contribution in [2.75, 3.05) is 11.4 Å². The quantitative estimate of drug-likeness (QED) is 0.670. The summed E-state index contributed by atoms with van der Waals surface area (Å²) in [6.45, 7) is 0.562. The van der Waals surface area contributed by atoms with E-state index in [9.17, 15) is 9.18 Å². The van der Waals surface area contributed by atoms with Crippen molar-refractivity contribution >= 4 is 34.2 Å². The van der Waals surface area contributed by atoms with Gasteiger partial charge in [-0.1, -0.05) is 23.7 Å². The molecule has 3 nitrogen and oxygen atoms in total. The zero-order chi connectivity index (χ0) is 16.0. The topological polar surface area (TPSA) is 33.2 Å². The summed E-state index contributed by atoms with van der Waals surface area (Å²) in [5.74, 6) is 0.0989. The minimum atomic E-state index is -0.362. The number of benzene rings is 2. The second kappa shape index (κ2) is 5.32. The average molecular weight is 327 g/mol. The van der Waals surface area contributed by atoms with Crippen molar-refractivity contribution in [3.8, 4) is 0 Å². The number of hydrogen-bond acceptors (Lipinski definition) is 2. The minimum Gasteiger partial charge on any atom is -0.292 e. The van der Waals surface area contributed by atoms with Crippen molar-refractivity contribution in [1.29, 1.82) is 0 Å². The Balaban J connectivity index is 1.79.